The smallest absolute Gasteiger partial charge is 0.199 e. The van der Waals surface area contributed by atoms with Crippen LogP contribution in [-0.2, 0) is 6.42 Å². The van der Waals surface area contributed by atoms with E-state index in [1.807, 2.05) is 6.20 Å². The summed E-state index contributed by atoms with van der Waals surface area (Å²) in [7, 11) is 0. The Labute approximate surface area is 141 Å². The molecule has 0 bridgehead atoms. The molecule has 4 rings (SSSR count). The summed E-state index contributed by atoms with van der Waals surface area (Å²) < 4.78 is 0. The summed E-state index contributed by atoms with van der Waals surface area (Å²) in [6.45, 7) is 5.24. The van der Waals surface area contributed by atoms with Gasteiger partial charge in [-0.25, -0.2) is 19.9 Å². The van der Waals surface area contributed by atoms with Gasteiger partial charge in [-0.05, 0) is 37.5 Å². The second-order valence-corrected chi connectivity index (χ2v) is 6.09. The molecule has 0 amide bonds. The van der Waals surface area contributed by atoms with Crippen molar-refractivity contribution in [3.63, 3.8) is 0 Å². The summed E-state index contributed by atoms with van der Waals surface area (Å²) in [4.78, 5) is 20.1. The maximum absolute atomic E-state index is 4.78. The molecule has 0 radical (unpaired) electrons. The Morgan fingerprint density at radius 2 is 1.79 bits per heavy atom. The van der Waals surface area contributed by atoms with E-state index in [0.717, 1.165) is 24.3 Å². The molecule has 3 heterocycles. The lowest BCUT2D eigenvalue weighted by molar-refractivity contribution is 0.614. The van der Waals surface area contributed by atoms with E-state index in [0.29, 0.717) is 11.6 Å². The zero-order chi connectivity index (χ0) is 16.5. The molecule has 3 aromatic rings. The molecule has 5 nitrogen and oxygen atoms in total. The third-order valence-corrected chi connectivity index (χ3v) is 4.58. The van der Waals surface area contributed by atoms with Gasteiger partial charge in [-0.3, -0.25) is 0 Å². The average Bonchev–Trinajstić information content (AvgIpc) is 2.64. The van der Waals surface area contributed by atoms with Crippen molar-refractivity contribution in [3.8, 4) is 11.6 Å². The predicted molar refractivity (Wildman–Crippen MR) is 93.7 cm³/mol. The Balaban J connectivity index is 1.75. The number of hydrogen-bond donors (Lipinski definition) is 0. The molecular weight excluding hydrogens is 298 g/mol. The third kappa shape index (κ3) is 2.52. The lowest BCUT2D eigenvalue weighted by atomic mass is 9.93. The molecule has 1 aliphatic heterocycles. The van der Waals surface area contributed by atoms with Gasteiger partial charge in [0.15, 0.2) is 11.6 Å². The van der Waals surface area contributed by atoms with Crippen LogP contribution in [0.3, 0.4) is 0 Å². The number of fused-ring (bicyclic) bond motifs is 1. The van der Waals surface area contributed by atoms with E-state index in [9.17, 15) is 0 Å². The second kappa shape index (κ2) is 6.00. The number of hydrogen-bond acceptors (Lipinski definition) is 5. The van der Waals surface area contributed by atoms with Crippen molar-refractivity contribution in [2.24, 2.45) is 0 Å². The van der Waals surface area contributed by atoms with Gasteiger partial charge in [-0.2, -0.15) is 0 Å². The van der Waals surface area contributed by atoms with Gasteiger partial charge < -0.3 is 4.90 Å². The SMILES string of the molecule is Cc1cnc(-c2ncccn2)nc1N1CCc2ccccc2C1C. The Kier molecular flexibility index (Phi) is 3.69. The van der Waals surface area contributed by atoms with Gasteiger partial charge in [-0.15, -0.1) is 0 Å². The molecule has 2 aromatic heterocycles. The highest BCUT2D eigenvalue weighted by Crippen LogP contribution is 2.34. The lowest BCUT2D eigenvalue weighted by Crippen LogP contribution is -2.35. The molecule has 0 spiro atoms. The number of aromatic nitrogens is 4. The number of aryl methyl sites for hydroxylation is 1. The van der Waals surface area contributed by atoms with Crippen LogP contribution < -0.4 is 4.90 Å². The van der Waals surface area contributed by atoms with Crippen molar-refractivity contribution in [3.05, 3.63) is 65.6 Å². The minimum Gasteiger partial charge on any atom is -0.349 e. The zero-order valence-electron chi connectivity index (χ0n) is 13.8. The second-order valence-electron chi connectivity index (χ2n) is 6.09. The summed E-state index contributed by atoms with van der Waals surface area (Å²) >= 11 is 0. The van der Waals surface area contributed by atoms with Gasteiger partial charge in [0.2, 0.25) is 0 Å². The van der Waals surface area contributed by atoms with Gasteiger partial charge in [0.25, 0.3) is 0 Å². The Morgan fingerprint density at radius 3 is 2.62 bits per heavy atom. The van der Waals surface area contributed by atoms with Crippen LogP contribution in [0.4, 0.5) is 5.82 Å². The minimum atomic E-state index is 0.285. The third-order valence-electron chi connectivity index (χ3n) is 4.58. The number of nitrogens with zero attached hydrogens (tertiary/aromatic N) is 5. The molecule has 0 aliphatic carbocycles. The van der Waals surface area contributed by atoms with Crippen LogP contribution in [0.2, 0.25) is 0 Å². The van der Waals surface area contributed by atoms with Crippen LogP contribution in [0, 0.1) is 6.92 Å². The van der Waals surface area contributed by atoms with E-state index in [2.05, 4.69) is 58.0 Å². The van der Waals surface area contributed by atoms with E-state index >= 15 is 0 Å². The number of rotatable bonds is 2. The summed E-state index contributed by atoms with van der Waals surface area (Å²) in [5, 5.41) is 0. The number of anilines is 1. The highest BCUT2D eigenvalue weighted by molar-refractivity contribution is 5.55. The first kappa shape index (κ1) is 14.8. The summed E-state index contributed by atoms with van der Waals surface area (Å²) in [5.74, 6) is 2.10. The monoisotopic (exact) mass is 317 g/mol. The summed E-state index contributed by atoms with van der Waals surface area (Å²) in [6.07, 6.45) is 6.32. The molecule has 5 heteroatoms. The Morgan fingerprint density at radius 1 is 1.00 bits per heavy atom. The Bertz CT molecular complexity index is 863. The molecule has 1 aliphatic rings. The normalized spacial score (nSPS) is 16.8. The molecule has 24 heavy (non-hydrogen) atoms. The standard InChI is InChI=1S/C19H19N5/c1-13-12-22-18(17-20-9-5-10-21-17)23-19(13)24-11-8-15-6-3-4-7-16(15)14(24)2/h3-7,9-10,12,14H,8,11H2,1-2H3. The maximum atomic E-state index is 4.78. The van der Waals surface area contributed by atoms with Crippen LogP contribution >= 0.6 is 0 Å². The van der Waals surface area contributed by atoms with Crippen LogP contribution in [0.25, 0.3) is 11.6 Å². The molecule has 1 unspecified atom stereocenters. The van der Waals surface area contributed by atoms with Crippen molar-refractivity contribution in [2.75, 3.05) is 11.4 Å². The van der Waals surface area contributed by atoms with E-state index in [4.69, 9.17) is 4.98 Å². The predicted octanol–water partition coefficient (Wildman–Crippen LogP) is 3.37. The summed E-state index contributed by atoms with van der Waals surface area (Å²) in [6, 6.07) is 10.7. The van der Waals surface area contributed by atoms with Crippen LogP contribution in [-0.4, -0.2) is 26.5 Å². The molecule has 0 fully saturated rings. The lowest BCUT2D eigenvalue weighted by Gasteiger charge is -2.37. The quantitative estimate of drug-likeness (QED) is 0.725. The van der Waals surface area contributed by atoms with Crippen molar-refractivity contribution >= 4 is 5.82 Å². The van der Waals surface area contributed by atoms with Gasteiger partial charge in [0.05, 0.1) is 6.04 Å². The number of benzene rings is 1. The molecule has 120 valence electrons. The van der Waals surface area contributed by atoms with E-state index < -0.39 is 0 Å². The van der Waals surface area contributed by atoms with Crippen molar-refractivity contribution < 1.29 is 0 Å². The highest BCUT2D eigenvalue weighted by atomic mass is 15.2. The van der Waals surface area contributed by atoms with E-state index in [1.54, 1.807) is 18.5 Å². The molecular formula is C19H19N5. The van der Waals surface area contributed by atoms with Crippen molar-refractivity contribution in [1.29, 1.82) is 0 Å². The fourth-order valence-electron chi connectivity index (χ4n) is 3.31. The first-order valence-corrected chi connectivity index (χ1v) is 8.19. The molecule has 1 atom stereocenters. The molecule has 0 N–H and O–H groups in total. The average molecular weight is 317 g/mol. The minimum absolute atomic E-state index is 0.285. The van der Waals surface area contributed by atoms with Crippen molar-refractivity contribution in [2.45, 2.75) is 26.3 Å². The molecule has 0 saturated carbocycles. The zero-order valence-corrected chi connectivity index (χ0v) is 13.8. The molecule has 0 saturated heterocycles. The van der Waals surface area contributed by atoms with Gasteiger partial charge in [0.1, 0.15) is 5.82 Å². The van der Waals surface area contributed by atoms with Crippen LogP contribution in [0.5, 0.6) is 0 Å². The fourth-order valence-corrected chi connectivity index (χ4v) is 3.31. The maximum Gasteiger partial charge on any atom is 0.199 e. The summed E-state index contributed by atoms with van der Waals surface area (Å²) in [5.41, 5.74) is 3.87. The van der Waals surface area contributed by atoms with E-state index in [1.165, 1.54) is 11.1 Å². The van der Waals surface area contributed by atoms with Crippen molar-refractivity contribution in [1.82, 2.24) is 19.9 Å². The van der Waals surface area contributed by atoms with Crippen LogP contribution in [0.1, 0.15) is 29.7 Å². The van der Waals surface area contributed by atoms with Gasteiger partial charge in [0, 0.05) is 30.7 Å². The first-order valence-electron chi connectivity index (χ1n) is 8.19. The fraction of sp³-hybridized carbons (Fsp3) is 0.263. The van der Waals surface area contributed by atoms with E-state index in [-0.39, 0.29) is 6.04 Å². The molecule has 1 aromatic carbocycles. The van der Waals surface area contributed by atoms with Crippen LogP contribution in [0.15, 0.2) is 48.9 Å². The topological polar surface area (TPSA) is 54.8 Å². The highest BCUT2D eigenvalue weighted by Gasteiger charge is 2.26. The van der Waals surface area contributed by atoms with Gasteiger partial charge >= 0.3 is 0 Å². The largest absolute Gasteiger partial charge is 0.349 e. The van der Waals surface area contributed by atoms with Gasteiger partial charge in [-0.1, -0.05) is 24.3 Å². The Hall–Kier alpha value is -2.82. The first-order chi connectivity index (χ1) is 11.7.